The van der Waals surface area contributed by atoms with E-state index in [4.69, 9.17) is 11.6 Å². The third-order valence-corrected chi connectivity index (χ3v) is 7.74. The molecular weight excluding hydrogens is 466 g/mol. The first-order chi connectivity index (χ1) is 16.6. The minimum absolute atomic E-state index is 0.0165. The monoisotopic (exact) mass is 493 g/mol. The van der Waals surface area contributed by atoms with E-state index in [-0.39, 0.29) is 5.91 Å². The number of hydrogen-bond acceptors (Lipinski definition) is 5. The maximum Gasteiger partial charge on any atom is 0.261 e. The van der Waals surface area contributed by atoms with Crippen molar-refractivity contribution in [1.29, 1.82) is 0 Å². The summed E-state index contributed by atoms with van der Waals surface area (Å²) in [6, 6.07) is 20.2. The van der Waals surface area contributed by atoms with Gasteiger partial charge in [-0.05, 0) is 43.3 Å². The molecule has 1 N–H and O–H groups in total. The number of fused-ring (bicyclic) bond motifs is 1. The lowest BCUT2D eigenvalue weighted by Crippen LogP contribution is -2.47. The highest BCUT2D eigenvalue weighted by Crippen LogP contribution is 2.34. The first kappa shape index (κ1) is 22.9. The Morgan fingerprint density at radius 2 is 1.79 bits per heavy atom. The predicted molar refractivity (Wildman–Crippen MR) is 141 cm³/mol. The number of aryl methyl sites for hydroxylation is 1. The fraction of sp³-hybridized carbons (Fsp3) is 0.308. The minimum atomic E-state index is -0.0165. The van der Waals surface area contributed by atoms with E-state index in [0.717, 1.165) is 65.5 Å². The van der Waals surface area contributed by atoms with Crippen molar-refractivity contribution in [1.82, 2.24) is 20.0 Å². The van der Waals surface area contributed by atoms with Crippen molar-refractivity contribution >= 4 is 44.7 Å². The van der Waals surface area contributed by atoms with E-state index in [2.05, 4.69) is 50.5 Å². The molecule has 1 fully saturated rings. The lowest BCUT2D eigenvalue weighted by molar-refractivity contribution is 0.0955. The molecule has 0 spiro atoms. The van der Waals surface area contributed by atoms with Gasteiger partial charge in [0.2, 0.25) is 0 Å². The van der Waals surface area contributed by atoms with E-state index in [1.807, 2.05) is 42.1 Å². The smallest absolute Gasteiger partial charge is 0.261 e. The fourth-order valence-electron chi connectivity index (χ4n) is 4.43. The Morgan fingerprint density at radius 3 is 2.53 bits per heavy atom. The first-order valence-corrected chi connectivity index (χ1v) is 12.8. The molecule has 1 aliphatic rings. The van der Waals surface area contributed by atoms with Crippen LogP contribution in [0.1, 0.15) is 16.1 Å². The highest BCUT2D eigenvalue weighted by atomic mass is 35.5. The van der Waals surface area contributed by atoms with E-state index in [9.17, 15) is 4.79 Å². The predicted octanol–water partition coefficient (Wildman–Crippen LogP) is 4.90. The van der Waals surface area contributed by atoms with Crippen LogP contribution in [0.5, 0.6) is 0 Å². The molecule has 0 atom stereocenters. The lowest BCUT2D eigenvalue weighted by atomic mass is 10.1. The number of benzene rings is 2. The molecule has 176 valence electrons. The van der Waals surface area contributed by atoms with Crippen LogP contribution in [0.15, 0.2) is 60.7 Å². The van der Waals surface area contributed by atoms with Crippen LogP contribution in [-0.4, -0.2) is 59.9 Å². The molecule has 4 aromatic rings. The van der Waals surface area contributed by atoms with Gasteiger partial charge in [-0.15, -0.1) is 11.3 Å². The maximum atomic E-state index is 12.8. The van der Waals surface area contributed by atoms with Crippen LogP contribution in [0.4, 0.5) is 5.69 Å². The van der Waals surface area contributed by atoms with E-state index in [1.165, 1.54) is 17.0 Å². The topological polar surface area (TPSA) is 53.4 Å². The molecule has 8 heteroatoms. The molecule has 0 radical (unpaired) electrons. The van der Waals surface area contributed by atoms with Gasteiger partial charge in [0, 0.05) is 61.4 Å². The number of halogens is 1. The summed E-state index contributed by atoms with van der Waals surface area (Å²) in [5.41, 5.74) is 3.17. The van der Waals surface area contributed by atoms with Crippen molar-refractivity contribution in [2.75, 3.05) is 44.2 Å². The van der Waals surface area contributed by atoms with Crippen LogP contribution < -0.4 is 10.2 Å². The largest absolute Gasteiger partial charge is 0.369 e. The lowest BCUT2D eigenvalue weighted by Gasteiger charge is -2.36. The van der Waals surface area contributed by atoms with Gasteiger partial charge in [0.25, 0.3) is 5.91 Å². The molecule has 1 amide bonds. The molecule has 1 aliphatic heterocycles. The number of amides is 1. The summed E-state index contributed by atoms with van der Waals surface area (Å²) < 4.78 is 1.84. The van der Waals surface area contributed by atoms with Crippen LogP contribution >= 0.6 is 22.9 Å². The zero-order chi connectivity index (χ0) is 23.5. The molecule has 2 aromatic heterocycles. The molecule has 0 aliphatic carbocycles. The Hall–Kier alpha value is -2.87. The van der Waals surface area contributed by atoms with Crippen LogP contribution in [0.2, 0.25) is 5.02 Å². The van der Waals surface area contributed by atoms with Crippen molar-refractivity contribution < 1.29 is 4.79 Å². The Bertz CT molecular complexity index is 1260. The number of anilines is 1. The Morgan fingerprint density at radius 1 is 1.06 bits per heavy atom. The Kier molecular flexibility index (Phi) is 6.85. The zero-order valence-electron chi connectivity index (χ0n) is 19.2. The standard InChI is InChI=1S/C26H28ClN5OS/c1-30-26-22(24(29-30)19-8-10-20(27)11-9-19)18-23(34-26)25(33)28-12-5-13-31-14-16-32(17-15-31)21-6-3-2-4-7-21/h2-4,6-11,18H,5,12-17H2,1H3,(H,28,33). The molecule has 0 saturated carbocycles. The van der Waals surface area contributed by atoms with Crippen LogP contribution in [-0.2, 0) is 7.05 Å². The fourth-order valence-corrected chi connectivity index (χ4v) is 5.55. The highest BCUT2D eigenvalue weighted by Gasteiger charge is 2.19. The average Bonchev–Trinajstić information content (AvgIpc) is 3.44. The van der Waals surface area contributed by atoms with Gasteiger partial charge in [-0.2, -0.15) is 5.10 Å². The maximum absolute atomic E-state index is 12.8. The SMILES string of the molecule is Cn1nc(-c2ccc(Cl)cc2)c2cc(C(=O)NCCCN3CCN(c4ccccc4)CC3)sc21. The second kappa shape index (κ2) is 10.2. The van der Waals surface area contributed by atoms with Crippen molar-refractivity contribution in [3.05, 3.63) is 70.6 Å². The highest BCUT2D eigenvalue weighted by molar-refractivity contribution is 7.20. The van der Waals surface area contributed by atoms with Crippen LogP contribution in [0.25, 0.3) is 21.5 Å². The normalized spacial score (nSPS) is 14.6. The van der Waals surface area contributed by atoms with Gasteiger partial charge in [-0.3, -0.25) is 14.4 Å². The number of nitrogens with zero attached hydrogens (tertiary/aromatic N) is 4. The van der Waals surface area contributed by atoms with Crippen LogP contribution in [0.3, 0.4) is 0 Å². The molecule has 2 aromatic carbocycles. The summed E-state index contributed by atoms with van der Waals surface area (Å²) in [6.07, 6.45) is 0.944. The molecule has 34 heavy (non-hydrogen) atoms. The van der Waals surface area contributed by atoms with E-state index in [1.54, 1.807) is 0 Å². The number of nitrogens with one attached hydrogen (secondary N) is 1. The summed E-state index contributed by atoms with van der Waals surface area (Å²) in [6.45, 7) is 5.87. The molecular formula is C26H28ClN5OS. The number of rotatable bonds is 7. The summed E-state index contributed by atoms with van der Waals surface area (Å²) in [5.74, 6) is -0.0165. The van der Waals surface area contributed by atoms with Crippen molar-refractivity contribution in [3.8, 4) is 11.3 Å². The Balaban J connectivity index is 1.12. The van der Waals surface area contributed by atoms with Crippen molar-refractivity contribution in [3.63, 3.8) is 0 Å². The summed E-state index contributed by atoms with van der Waals surface area (Å²) in [7, 11) is 1.91. The van der Waals surface area contributed by atoms with Gasteiger partial charge >= 0.3 is 0 Å². The first-order valence-electron chi connectivity index (χ1n) is 11.6. The van der Waals surface area contributed by atoms with Crippen molar-refractivity contribution in [2.24, 2.45) is 7.05 Å². The zero-order valence-corrected chi connectivity index (χ0v) is 20.8. The van der Waals surface area contributed by atoms with Gasteiger partial charge in [-0.1, -0.05) is 41.9 Å². The average molecular weight is 494 g/mol. The minimum Gasteiger partial charge on any atom is -0.369 e. The molecule has 0 bridgehead atoms. The van der Waals surface area contributed by atoms with E-state index >= 15 is 0 Å². The van der Waals surface area contributed by atoms with Gasteiger partial charge in [0.15, 0.2) is 0 Å². The van der Waals surface area contributed by atoms with Gasteiger partial charge in [-0.25, -0.2) is 0 Å². The summed E-state index contributed by atoms with van der Waals surface area (Å²) in [4.78, 5) is 19.4. The second-order valence-corrected chi connectivity index (χ2v) is 10.0. The second-order valence-electron chi connectivity index (χ2n) is 8.58. The van der Waals surface area contributed by atoms with Crippen molar-refractivity contribution in [2.45, 2.75) is 6.42 Å². The van der Waals surface area contributed by atoms with Crippen LogP contribution in [0, 0.1) is 0 Å². The molecule has 0 unspecified atom stereocenters. The number of thiophene rings is 1. The Labute approximate surface area is 208 Å². The number of hydrogen-bond donors (Lipinski definition) is 1. The van der Waals surface area contributed by atoms with Gasteiger partial charge < -0.3 is 10.2 Å². The number of piperazine rings is 1. The van der Waals surface area contributed by atoms with E-state index in [0.29, 0.717) is 11.6 Å². The molecule has 3 heterocycles. The number of carbonyl (C=O) groups excluding carboxylic acids is 1. The number of para-hydroxylation sites is 1. The third-order valence-electron chi connectivity index (χ3n) is 6.28. The number of carbonyl (C=O) groups is 1. The van der Waals surface area contributed by atoms with Gasteiger partial charge in [0.05, 0.1) is 4.88 Å². The third kappa shape index (κ3) is 4.97. The quantitative estimate of drug-likeness (QED) is 0.372. The molecule has 6 nitrogen and oxygen atoms in total. The summed E-state index contributed by atoms with van der Waals surface area (Å²) >= 11 is 7.51. The summed E-state index contributed by atoms with van der Waals surface area (Å²) in [5, 5.41) is 9.43. The van der Waals surface area contributed by atoms with E-state index < -0.39 is 0 Å². The number of aromatic nitrogens is 2. The molecule has 5 rings (SSSR count). The van der Waals surface area contributed by atoms with Gasteiger partial charge in [0.1, 0.15) is 10.5 Å². The molecule has 1 saturated heterocycles.